The van der Waals surface area contributed by atoms with Gasteiger partial charge in [0.25, 0.3) is 0 Å². The van der Waals surface area contributed by atoms with E-state index >= 15 is 0 Å². The molecule has 0 spiro atoms. The van der Waals surface area contributed by atoms with Gasteiger partial charge in [0.05, 0.1) is 30.3 Å². The van der Waals surface area contributed by atoms with Crippen LogP contribution in [0.5, 0.6) is 0 Å². The van der Waals surface area contributed by atoms with Crippen molar-refractivity contribution < 1.29 is 9.53 Å². The molecule has 31 heavy (non-hydrogen) atoms. The molecule has 2 heterocycles. The number of pyridine rings is 1. The van der Waals surface area contributed by atoms with E-state index in [4.69, 9.17) is 5.73 Å². The number of fused-ring (bicyclic) bond motifs is 1. The maximum Gasteiger partial charge on any atom is 0.354 e. The second-order valence-electron chi connectivity index (χ2n) is 6.76. The summed E-state index contributed by atoms with van der Waals surface area (Å²) >= 11 is 0. The van der Waals surface area contributed by atoms with Crippen molar-refractivity contribution in [2.75, 3.05) is 12.4 Å². The van der Waals surface area contributed by atoms with Gasteiger partial charge in [-0.2, -0.15) is 0 Å². The first-order valence-electron chi connectivity index (χ1n) is 9.71. The molecule has 0 bridgehead atoms. The minimum Gasteiger partial charge on any atom is -0.464 e. The van der Waals surface area contributed by atoms with Crippen molar-refractivity contribution in [3.63, 3.8) is 0 Å². The first-order valence-corrected chi connectivity index (χ1v) is 9.71. The van der Waals surface area contributed by atoms with Crippen LogP contribution in [0, 0.1) is 0 Å². The fourth-order valence-corrected chi connectivity index (χ4v) is 3.24. The predicted octanol–water partition coefficient (Wildman–Crippen LogP) is 3.78. The van der Waals surface area contributed by atoms with Crippen LogP contribution in [-0.2, 0) is 16.1 Å². The highest BCUT2D eigenvalue weighted by molar-refractivity contribution is 6.02. The summed E-state index contributed by atoms with van der Waals surface area (Å²) in [7, 11) is 1.27. The van der Waals surface area contributed by atoms with Crippen LogP contribution >= 0.6 is 0 Å². The Labute approximate surface area is 179 Å². The number of hydrogen-bond donors (Lipinski definition) is 2. The van der Waals surface area contributed by atoms with Crippen molar-refractivity contribution in [2.45, 2.75) is 6.54 Å². The Kier molecular flexibility index (Phi) is 5.84. The van der Waals surface area contributed by atoms with Gasteiger partial charge in [0, 0.05) is 12.3 Å². The SMILES string of the molecule is COC(=O)/C(N)=C/c1nc(NCc2ccccn2)c2c(-c3ccccc3)cccc2n1. The average Bonchev–Trinajstić information content (AvgIpc) is 2.82. The zero-order chi connectivity index (χ0) is 21.6. The van der Waals surface area contributed by atoms with Crippen molar-refractivity contribution in [3.8, 4) is 11.1 Å². The molecule has 0 aliphatic rings. The van der Waals surface area contributed by atoms with Gasteiger partial charge in [0.2, 0.25) is 0 Å². The van der Waals surface area contributed by atoms with Crippen LogP contribution in [0.2, 0.25) is 0 Å². The fourth-order valence-electron chi connectivity index (χ4n) is 3.24. The summed E-state index contributed by atoms with van der Waals surface area (Å²) in [5, 5.41) is 4.24. The summed E-state index contributed by atoms with van der Waals surface area (Å²) in [6, 6.07) is 21.7. The number of hydrogen-bond acceptors (Lipinski definition) is 7. The van der Waals surface area contributed by atoms with Gasteiger partial charge in [-0.1, -0.05) is 48.5 Å². The lowest BCUT2D eigenvalue weighted by atomic mass is 10.0. The lowest BCUT2D eigenvalue weighted by molar-refractivity contribution is -0.136. The van der Waals surface area contributed by atoms with Crippen molar-refractivity contribution in [1.29, 1.82) is 0 Å². The van der Waals surface area contributed by atoms with Crippen molar-refractivity contribution >= 4 is 28.8 Å². The number of nitrogens with one attached hydrogen (secondary N) is 1. The summed E-state index contributed by atoms with van der Waals surface area (Å²) in [5.41, 5.74) is 9.39. The number of aromatic nitrogens is 3. The Morgan fingerprint density at radius 3 is 2.58 bits per heavy atom. The van der Waals surface area contributed by atoms with E-state index in [1.54, 1.807) is 6.20 Å². The molecule has 4 rings (SSSR count). The van der Waals surface area contributed by atoms with Gasteiger partial charge in [-0.15, -0.1) is 0 Å². The van der Waals surface area contributed by atoms with Crippen LogP contribution in [0.3, 0.4) is 0 Å². The van der Waals surface area contributed by atoms with Gasteiger partial charge in [-0.05, 0) is 29.3 Å². The quantitative estimate of drug-likeness (QED) is 0.368. The number of nitrogens with zero attached hydrogens (tertiary/aromatic N) is 3. The van der Waals surface area contributed by atoms with Gasteiger partial charge < -0.3 is 15.8 Å². The van der Waals surface area contributed by atoms with Gasteiger partial charge in [-0.25, -0.2) is 14.8 Å². The third kappa shape index (κ3) is 4.51. The van der Waals surface area contributed by atoms with Crippen LogP contribution in [0.15, 0.2) is 78.6 Å². The van der Waals surface area contributed by atoms with Crippen molar-refractivity contribution in [1.82, 2.24) is 15.0 Å². The van der Waals surface area contributed by atoms with E-state index in [0.29, 0.717) is 18.2 Å². The van der Waals surface area contributed by atoms with Crippen LogP contribution in [-0.4, -0.2) is 28.0 Å². The van der Waals surface area contributed by atoms with E-state index in [1.165, 1.54) is 13.2 Å². The van der Waals surface area contributed by atoms with E-state index in [-0.39, 0.29) is 5.70 Å². The van der Waals surface area contributed by atoms with Crippen molar-refractivity contribution in [3.05, 3.63) is 90.1 Å². The minimum atomic E-state index is -0.635. The normalized spacial score (nSPS) is 11.3. The lowest BCUT2D eigenvalue weighted by Crippen LogP contribution is -2.13. The van der Waals surface area contributed by atoms with E-state index in [9.17, 15) is 4.79 Å². The molecule has 0 aliphatic carbocycles. The molecule has 0 fully saturated rings. The van der Waals surface area contributed by atoms with Gasteiger partial charge in [0.15, 0.2) is 5.82 Å². The molecule has 0 unspecified atom stereocenters. The van der Waals surface area contributed by atoms with Gasteiger partial charge in [-0.3, -0.25) is 4.98 Å². The molecule has 0 saturated carbocycles. The standard InChI is InChI=1S/C24H21N5O2/c1-31-24(30)19(25)14-21-28-20-12-7-11-18(16-8-3-2-4-9-16)22(20)23(29-21)27-15-17-10-5-6-13-26-17/h2-14H,15,25H2,1H3,(H,27,28,29)/b19-14-. The number of carbonyl (C=O) groups is 1. The Balaban J connectivity index is 1.85. The highest BCUT2D eigenvalue weighted by atomic mass is 16.5. The van der Waals surface area contributed by atoms with E-state index in [2.05, 4.69) is 25.0 Å². The maximum atomic E-state index is 11.7. The highest BCUT2D eigenvalue weighted by Gasteiger charge is 2.14. The molecule has 7 nitrogen and oxygen atoms in total. The number of esters is 1. The minimum absolute atomic E-state index is 0.0725. The van der Waals surface area contributed by atoms with E-state index in [1.807, 2.05) is 66.7 Å². The second-order valence-corrected chi connectivity index (χ2v) is 6.76. The molecule has 2 aromatic carbocycles. The Morgan fingerprint density at radius 1 is 1.03 bits per heavy atom. The molecule has 0 aliphatic heterocycles. The first kappa shape index (κ1) is 20.0. The van der Waals surface area contributed by atoms with Crippen LogP contribution in [0.1, 0.15) is 11.5 Å². The summed E-state index contributed by atoms with van der Waals surface area (Å²) in [6.45, 7) is 0.478. The molecule has 4 aromatic rings. The lowest BCUT2D eigenvalue weighted by Gasteiger charge is -2.13. The predicted molar refractivity (Wildman–Crippen MR) is 121 cm³/mol. The summed E-state index contributed by atoms with van der Waals surface area (Å²) < 4.78 is 4.67. The number of nitrogens with two attached hydrogens (primary N) is 1. The van der Waals surface area contributed by atoms with E-state index < -0.39 is 5.97 Å². The smallest absolute Gasteiger partial charge is 0.354 e. The molecule has 154 valence electrons. The number of methoxy groups -OCH3 is 1. The maximum absolute atomic E-state index is 11.7. The molecule has 0 saturated heterocycles. The van der Waals surface area contributed by atoms with Crippen molar-refractivity contribution in [2.24, 2.45) is 5.73 Å². The summed E-state index contributed by atoms with van der Waals surface area (Å²) in [6.07, 6.45) is 3.15. The molecule has 0 atom stereocenters. The molecule has 0 amide bonds. The Hall–Kier alpha value is -4.26. The number of ether oxygens (including phenoxy) is 1. The third-order valence-corrected chi connectivity index (χ3v) is 4.69. The zero-order valence-corrected chi connectivity index (χ0v) is 16.9. The average molecular weight is 411 g/mol. The Morgan fingerprint density at radius 2 is 1.84 bits per heavy atom. The van der Waals surface area contributed by atoms with Crippen LogP contribution in [0.25, 0.3) is 28.1 Å². The highest BCUT2D eigenvalue weighted by Crippen LogP contribution is 2.32. The Bertz CT molecular complexity index is 1240. The van der Waals surface area contributed by atoms with Gasteiger partial charge in [0.1, 0.15) is 11.5 Å². The van der Waals surface area contributed by atoms with Crippen LogP contribution < -0.4 is 11.1 Å². The molecular weight excluding hydrogens is 390 g/mol. The molecule has 0 radical (unpaired) electrons. The topological polar surface area (TPSA) is 103 Å². The van der Waals surface area contributed by atoms with Crippen LogP contribution in [0.4, 0.5) is 5.82 Å². The summed E-state index contributed by atoms with van der Waals surface area (Å²) in [4.78, 5) is 25.3. The largest absolute Gasteiger partial charge is 0.464 e. The third-order valence-electron chi connectivity index (χ3n) is 4.69. The number of anilines is 1. The number of carbonyl (C=O) groups excluding carboxylic acids is 1. The molecule has 2 aromatic heterocycles. The summed E-state index contributed by atoms with van der Waals surface area (Å²) in [5.74, 6) is 0.299. The molecular formula is C24H21N5O2. The zero-order valence-electron chi connectivity index (χ0n) is 16.9. The second kappa shape index (κ2) is 9.04. The monoisotopic (exact) mass is 411 g/mol. The first-order chi connectivity index (χ1) is 15.2. The molecule has 3 N–H and O–H groups in total. The van der Waals surface area contributed by atoms with Gasteiger partial charge >= 0.3 is 5.97 Å². The number of rotatable bonds is 6. The van der Waals surface area contributed by atoms with E-state index in [0.717, 1.165) is 27.7 Å². The fraction of sp³-hybridized carbons (Fsp3) is 0.0833. The number of benzene rings is 2. The molecule has 7 heteroatoms.